The van der Waals surface area contributed by atoms with Gasteiger partial charge in [-0.25, -0.2) is 13.2 Å². The van der Waals surface area contributed by atoms with Gasteiger partial charge in [0.1, 0.15) is 16.1 Å². The van der Waals surface area contributed by atoms with Gasteiger partial charge in [-0.1, -0.05) is 0 Å². The van der Waals surface area contributed by atoms with Gasteiger partial charge in [-0.05, 0) is 12.8 Å². The van der Waals surface area contributed by atoms with Crippen LogP contribution < -0.4 is 5.32 Å². The van der Waals surface area contributed by atoms with E-state index >= 15 is 0 Å². The Bertz CT molecular complexity index is 641. The van der Waals surface area contributed by atoms with Crippen LogP contribution in [0.4, 0.5) is 0 Å². The fourth-order valence-electron chi connectivity index (χ4n) is 2.03. The van der Waals surface area contributed by atoms with Gasteiger partial charge in [-0.15, -0.1) is 0 Å². The van der Waals surface area contributed by atoms with Crippen LogP contribution in [0, 0.1) is 5.41 Å². The van der Waals surface area contributed by atoms with E-state index in [4.69, 9.17) is 9.52 Å². The second-order valence-corrected chi connectivity index (χ2v) is 7.40. The van der Waals surface area contributed by atoms with Crippen LogP contribution in [-0.2, 0) is 9.84 Å². The second-order valence-electron chi connectivity index (χ2n) is 5.26. The number of nitrogens with one attached hydrogen (secondary N) is 1. The maximum atomic E-state index is 11.8. The van der Waals surface area contributed by atoms with E-state index < -0.39 is 21.7 Å². The Hall–Kier alpha value is -1.83. The first-order valence-electron chi connectivity index (χ1n) is 5.99. The molecular formula is C12H15NO6S. The predicted molar refractivity (Wildman–Crippen MR) is 69.4 cm³/mol. The Balaban J connectivity index is 1.94. The highest BCUT2D eigenvalue weighted by atomic mass is 32.2. The quantitative estimate of drug-likeness (QED) is 0.792. The number of carbonyl (C=O) groups excluding carboxylic acids is 1. The normalized spacial score (nSPS) is 16.6. The van der Waals surface area contributed by atoms with Crippen molar-refractivity contribution in [2.24, 2.45) is 5.41 Å². The molecule has 1 saturated carbocycles. The van der Waals surface area contributed by atoms with E-state index in [0.717, 1.165) is 25.2 Å². The molecule has 1 fully saturated rings. The van der Waals surface area contributed by atoms with E-state index in [1.165, 1.54) is 6.26 Å². The smallest absolute Gasteiger partial charge is 0.338 e. The molecule has 0 unspecified atom stereocenters. The van der Waals surface area contributed by atoms with Crippen molar-refractivity contribution in [1.29, 1.82) is 0 Å². The summed E-state index contributed by atoms with van der Waals surface area (Å²) in [4.78, 5) is 22.4. The minimum absolute atomic E-state index is 0.0405. The van der Waals surface area contributed by atoms with Crippen LogP contribution in [0.5, 0.6) is 0 Å². The fraction of sp³-hybridized carbons (Fsp3) is 0.500. The summed E-state index contributed by atoms with van der Waals surface area (Å²) in [6, 6.07) is 1.13. The molecule has 0 radical (unpaired) electrons. The first kappa shape index (κ1) is 14.6. The van der Waals surface area contributed by atoms with Crippen molar-refractivity contribution in [3.8, 4) is 0 Å². The van der Waals surface area contributed by atoms with Crippen molar-refractivity contribution >= 4 is 21.7 Å². The van der Waals surface area contributed by atoms with Crippen LogP contribution in [0.1, 0.15) is 33.8 Å². The van der Waals surface area contributed by atoms with Crippen LogP contribution in [0.15, 0.2) is 16.7 Å². The highest BCUT2D eigenvalue weighted by molar-refractivity contribution is 7.90. The maximum Gasteiger partial charge on any atom is 0.338 e. The van der Waals surface area contributed by atoms with E-state index in [-0.39, 0.29) is 29.0 Å². The fourth-order valence-corrected chi connectivity index (χ4v) is 3.53. The average Bonchev–Trinajstić information content (AvgIpc) is 2.90. The van der Waals surface area contributed by atoms with Gasteiger partial charge < -0.3 is 14.8 Å². The van der Waals surface area contributed by atoms with Crippen LogP contribution >= 0.6 is 0 Å². The number of amides is 1. The van der Waals surface area contributed by atoms with Crippen molar-refractivity contribution in [3.63, 3.8) is 0 Å². The summed E-state index contributed by atoms with van der Waals surface area (Å²) in [5, 5.41) is 11.3. The Labute approximate surface area is 115 Å². The molecule has 0 spiro atoms. The Morgan fingerprint density at radius 3 is 2.55 bits per heavy atom. The largest absolute Gasteiger partial charge is 0.478 e. The third kappa shape index (κ3) is 3.60. The van der Waals surface area contributed by atoms with Crippen molar-refractivity contribution < 1.29 is 27.5 Å². The van der Waals surface area contributed by atoms with Gasteiger partial charge in [-0.3, -0.25) is 4.79 Å². The molecule has 8 heteroatoms. The Kier molecular flexibility index (Phi) is 3.59. The molecule has 2 N–H and O–H groups in total. The zero-order chi connectivity index (χ0) is 15.0. The molecule has 1 aromatic heterocycles. The SMILES string of the molecule is CS(=O)(=O)CC1(CNC(=O)c2cc(C(=O)O)co2)CC1. The molecule has 1 heterocycles. The predicted octanol–water partition coefficient (Wildman–Crippen LogP) is 0.532. The zero-order valence-electron chi connectivity index (χ0n) is 10.9. The minimum Gasteiger partial charge on any atom is -0.478 e. The van der Waals surface area contributed by atoms with Gasteiger partial charge in [0, 0.05) is 24.3 Å². The van der Waals surface area contributed by atoms with E-state index in [9.17, 15) is 18.0 Å². The standard InChI is InChI=1S/C12H15NO6S/c1-20(17,18)7-12(2-3-12)6-13-10(14)9-4-8(5-19-9)11(15)16/h4-5H,2-3,6-7H2,1H3,(H,13,14)(H,15,16). The molecule has 0 aromatic carbocycles. The molecule has 1 aliphatic carbocycles. The van der Waals surface area contributed by atoms with Gasteiger partial charge in [0.2, 0.25) is 0 Å². The molecule has 110 valence electrons. The third-order valence-electron chi connectivity index (χ3n) is 3.22. The highest BCUT2D eigenvalue weighted by Gasteiger charge is 2.45. The lowest BCUT2D eigenvalue weighted by atomic mass is 10.1. The van der Waals surface area contributed by atoms with Crippen molar-refractivity contribution in [1.82, 2.24) is 5.32 Å². The second kappa shape index (κ2) is 4.93. The lowest BCUT2D eigenvalue weighted by Crippen LogP contribution is -2.33. The van der Waals surface area contributed by atoms with E-state index in [0.29, 0.717) is 0 Å². The number of rotatable bonds is 6. The number of sulfone groups is 1. The summed E-state index contributed by atoms with van der Waals surface area (Å²) in [6.45, 7) is 0.238. The van der Waals surface area contributed by atoms with E-state index in [1.807, 2.05) is 0 Å². The molecular weight excluding hydrogens is 286 g/mol. The lowest BCUT2D eigenvalue weighted by Gasteiger charge is -2.14. The number of carboxylic acids is 1. The van der Waals surface area contributed by atoms with Crippen molar-refractivity contribution in [3.05, 3.63) is 23.7 Å². The van der Waals surface area contributed by atoms with E-state index in [1.54, 1.807) is 0 Å². The maximum absolute atomic E-state index is 11.8. The first-order valence-corrected chi connectivity index (χ1v) is 8.05. The molecule has 1 aromatic rings. The Morgan fingerprint density at radius 2 is 2.10 bits per heavy atom. The molecule has 7 nitrogen and oxygen atoms in total. The minimum atomic E-state index is -3.09. The van der Waals surface area contributed by atoms with Crippen LogP contribution in [0.2, 0.25) is 0 Å². The molecule has 0 saturated heterocycles. The number of aromatic carboxylic acids is 1. The van der Waals surface area contributed by atoms with Crippen LogP contribution in [0.25, 0.3) is 0 Å². The number of carbonyl (C=O) groups is 2. The lowest BCUT2D eigenvalue weighted by molar-refractivity contribution is 0.0695. The molecule has 0 atom stereocenters. The summed E-state index contributed by atoms with van der Waals surface area (Å²) in [5.41, 5.74) is -0.488. The van der Waals surface area contributed by atoms with Gasteiger partial charge in [0.05, 0.1) is 11.3 Å². The topological polar surface area (TPSA) is 114 Å². The molecule has 1 aliphatic rings. The Morgan fingerprint density at radius 1 is 1.45 bits per heavy atom. The van der Waals surface area contributed by atoms with Crippen molar-refractivity contribution in [2.45, 2.75) is 12.8 Å². The molecule has 1 amide bonds. The van der Waals surface area contributed by atoms with Gasteiger partial charge >= 0.3 is 5.97 Å². The average molecular weight is 301 g/mol. The molecule has 20 heavy (non-hydrogen) atoms. The first-order chi connectivity index (χ1) is 9.21. The van der Waals surface area contributed by atoms with Crippen molar-refractivity contribution in [2.75, 3.05) is 18.6 Å². The van der Waals surface area contributed by atoms with Gasteiger partial charge in [-0.2, -0.15) is 0 Å². The number of carboxylic acid groups (broad SMARTS) is 1. The van der Waals surface area contributed by atoms with Gasteiger partial charge in [0.25, 0.3) is 5.91 Å². The van der Waals surface area contributed by atoms with E-state index in [2.05, 4.69) is 5.32 Å². The zero-order valence-corrected chi connectivity index (χ0v) is 11.7. The highest BCUT2D eigenvalue weighted by Crippen LogP contribution is 2.46. The summed E-state index contributed by atoms with van der Waals surface area (Å²) in [7, 11) is -3.09. The number of hydrogen-bond acceptors (Lipinski definition) is 5. The summed E-state index contributed by atoms with van der Waals surface area (Å²) in [5.74, 6) is -1.78. The van der Waals surface area contributed by atoms with Crippen LogP contribution in [-0.4, -0.2) is 44.0 Å². The molecule has 0 bridgehead atoms. The third-order valence-corrected chi connectivity index (χ3v) is 4.36. The summed E-state index contributed by atoms with van der Waals surface area (Å²) in [6.07, 6.45) is 3.65. The number of furan rings is 1. The van der Waals surface area contributed by atoms with Gasteiger partial charge in [0.15, 0.2) is 5.76 Å². The molecule has 0 aliphatic heterocycles. The van der Waals surface area contributed by atoms with Crippen LogP contribution in [0.3, 0.4) is 0 Å². The summed E-state index contributed by atoms with van der Waals surface area (Å²) < 4.78 is 27.4. The monoisotopic (exact) mass is 301 g/mol. The number of hydrogen-bond donors (Lipinski definition) is 2. The summed E-state index contributed by atoms with van der Waals surface area (Å²) >= 11 is 0. The molecule has 2 rings (SSSR count).